The Morgan fingerprint density at radius 3 is 2.85 bits per heavy atom. The van der Waals surface area contributed by atoms with Gasteiger partial charge in [-0.2, -0.15) is 0 Å². The van der Waals surface area contributed by atoms with Crippen molar-refractivity contribution in [2.24, 2.45) is 0 Å². The summed E-state index contributed by atoms with van der Waals surface area (Å²) < 4.78 is 5.71. The number of benzene rings is 1. The van der Waals surface area contributed by atoms with Crippen LogP contribution in [0.25, 0.3) is 0 Å². The molecule has 1 rings (SSSR count). The van der Waals surface area contributed by atoms with Crippen molar-refractivity contribution >= 4 is 17.5 Å². The standard InChI is InChI=1S/C16H24ClNO2/c1-3-4-5-6-10-20-15-9-7-8-14(11-15)12-18-16(19)13(2)17/h7-9,11,13H,3-6,10,12H2,1-2H3,(H,18,19). The quantitative estimate of drug-likeness (QED) is 0.555. The topological polar surface area (TPSA) is 38.3 Å². The molecule has 1 aromatic carbocycles. The van der Waals surface area contributed by atoms with Crippen LogP contribution in [-0.4, -0.2) is 17.9 Å². The maximum absolute atomic E-state index is 11.4. The molecular weight excluding hydrogens is 274 g/mol. The fourth-order valence-corrected chi connectivity index (χ4v) is 1.87. The van der Waals surface area contributed by atoms with Crippen LogP contribution in [0.1, 0.15) is 45.1 Å². The highest BCUT2D eigenvalue weighted by Gasteiger charge is 2.08. The molecule has 1 atom stereocenters. The molecule has 0 aromatic heterocycles. The van der Waals surface area contributed by atoms with Crippen LogP contribution in [-0.2, 0) is 11.3 Å². The number of nitrogens with one attached hydrogen (secondary N) is 1. The Labute approximate surface area is 126 Å². The molecule has 0 radical (unpaired) electrons. The second kappa shape index (κ2) is 9.65. The maximum Gasteiger partial charge on any atom is 0.238 e. The van der Waals surface area contributed by atoms with Crippen molar-refractivity contribution in [2.45, 2.75) is 51.5 Å². The van der Waals surface area contributed by atoms with Gasteiger partial charge in [0.1, 0.15) is 11.1 Å². The van der Waals surface area contributed by atoms with Gasteiger partial charge in [-0.1, -0.05) is 38.3 Å². The first-order valence-electron chi connectivity index (χ1n) is 7.27. The summed E-state index contributed by atoms with van der Waals surface area (Å²) in [5.41, 5.74) is 1.02. The van der Waals surface area contributed by atoms with Crippen molar-refractivity contribution in [2.75, 3.05) is 6.61 Å². The average molecular weight is 298 g/mol. The first kappa shape index (κ1) is 16.8. The zero-order chi connectivity index (χ0) is 14.8. The Hall–Kier alpha value is -1.22. The Morgan fingerprint density at radius 2 is 2.15 bits per heavy atom. The van der Waals surface area contributed by atoms with Gasteiger partial charge in [-0.15, -0.1) is 11.6 Å². The zero-order valence-electron chi connectivity index (χ0n) is 12.3. The van der Waals surface area contributed by atoms with Crippen molar-refractivity contribution in [1.82, 2.24) is 5.32 Å². The van der Waals surface area contributed by atoms with Crippen LogP contribution < -0.4 is 10.1 Å². The van der Waals surface area contributed by atoms with Crippen LogP contribution >= 0.6 is 11.6 Å². The third kappa shape index (κ3) is 6.80. The summed E-state index contributed by atoms with van der Waals surface area (Å²) in [6.07, 6.45) is 4.78. The van der Waals surface area contributed by atoms with E-state index in [9.17, 15) is 4.79 Å². The zero-order valence-corrected chi connectivity index (χ0v) is 13.1. The third-order valence-electron chi connectivity index (χ3n) is 2.99. The minimum atomic E-state index is -0.506. The van der Waals surface area contributed by atoms with Crippen LogP contribution in [0.2, 0.25) is 0 Å². The lowest BCUT2D eigenvalue weighted by molar-refractivity contribution is -0.120. The van der Waals surface area contributed by atoms with Gasteiger partial charge in [0.05, 0.1) is 6.61 Å². The molecule has 4 heteroatoms. The van der Waals surface area contributed by atoms with Crippen LogP contribution in [0.4, 0.5) is 0 Å². The summed E-state index contributed by atoms with van der Waals surface area (Å²) >= 11 is 5.70. The van der Waals surface area contributed by atoms with Crippen LogP contribution in [0.5, 0.6) is 5.75 Å². The van der Waals surface area contributed by atoms with Crippen LogP contribution in [0.3, 0.4) is 0 Å². The van der Waals surface area contributed by atoms with Crippen molar-refractivity contribution in [1.29, 1.82) is 0 Å². The molecule has 0 aliphatic rings. The molecule has 0 heterocycles. The van der Waals surface area contributed by atoms with E-state index in [4.69, 9.17) is 16.3 Å². The van der Waals surface area contributed by atoms with Crippen LogP contribution in [0.15, 0.2) is 24.3 Å². The molecule has 112 valence electrons. The number of alkyl halides is 1. The molecule has 1 aromatic rings. The fraction of sp³-hybridized carbons (Fsp3) is 0.562. The molecule has 0 saturated heterocycles. The second-order valence-corrected chi connectivity index (χ2v) is 5.54. The van der Waals surface area contributed by atoms with Crippen molar-refractivity contribution in [3.63, 3.8) is 0 Å². The lowest BCUT2D eigenvalue weighted by Gasteiger charge is -2.09. The molecule has 0 aliphatic carbocycles. The van der Waals surface area contributed by atoms with Gasteiger partial charge in [0.25, 0.3) is 0 Å². The summed E-state index contributed by atoms with van der Waals surface area (Å²) in [6, 6.07) is 7.80. The molecule has 0 saturated carbocycles. The number of carbonyl (C=O) groups excluding carboxylic acids is 1. The fourth-order valence-electron chi connectivity index (χ4n) is 1.79. The van der Waals surface area contributed by atoms with Gasteiger partial charge in [0, 0.05) is 6.54 Å². The summed E-state index contributed by atoms with van der Waals surface area (Å²) in [5.74, 6) is 0.699. The van der Waals surface area contributed by atoms with E-state index in [1.807, 2.05) is 24.3 Å². The minimum Gasteiger partial charge on any atom is -0.494 e. The van der Waals surface area contributed by atoms with E-state index in [1.165, 1.54) is 19.3 Å². The molecule has 1 N–H and O–H groups in total. The van der Waals surface area contributed by atoms with E-state index in [0.29, 0.717) is 6.54 Å². The van der Waals surface area contributed by atoms with Crippen molar-refractivity contribution in [3.8, 4) is 5.75 Å². The Kier molecular flexibility index (Phi) is 8.12. The number of amides is 1. The average Bonchev–Trinajstić information content (AvgIpc) is 2.45. The van der Waals surface area contributed by atoms with E-state index in [0.717, 1.165) is 24.3 Å². The molecule has 3 nitrogen and oxygen atoms in total. The van der Waals surface area contributed by atoms with Gasteiger partial charge in [0.15, 0.2) is 0 Å². The molecule has 0 spiro atoms. The number of rotatable bonds is 9. The smallest absolute Gasteiger partial charge is 0.238 e. The largest absolute Gasteiger partial charge is 0.494 e. The number of carbonyl (C=O) groups is 1. The minimum absolute atomic E-state index is 0.155. The lowest BCUT2D eigenvalue weighted by Crippen LogP contribution is -2.28. The van der Waals surface area contributed by atoms with Gasteiger partial charge in [-0.25, -0.2) is 0 Å². The first-order valence-corrected chi connectivity index (χ1v) is 7.70. The van der Waals surface area contributed by atoms with Crippen LogP contribution in [0, 0.1) is 0 Å². The highest BCUT2D eigenvalue weighted by molar-refractivity contribution is 6.30. The molecule has 1 amide bonds. The third-order valence-corrected chi connectivity index (χ3v) is 3.19. The Balaban J connectivity index is 2.35. The second-order valence-electron chi connectivity index (χ2n) is 4.89. The number of hydrogen-bond acceptors (Lipinski definition) is 2. The summed E-state index contributed by atoms with van der Waals surface area (Å²) in [5, 5.41) is 2.28. The van der Waals surface area contributed by atoms with E-state index in [-0.39, 0.29) is 5.91 Å². The van der Waals surface area contributed by atoms with Gasteiger partial charge in [0.2, 0.25) is 5.91 Å². The maximum atomic E-state index is 11.4. The molecule has 0 fully saturated rings. The molecule has 0 aliphatic heterocycles. The van der Waals surface area contributed by atoms with Crippen molar-refractivity contribution in [3.05, 3.63) is 29.8 Å². The van der Waals surface area contributed by atoms with Crippen molar-refractivity contribution < 1.29 is 9.53 Å². The van der Waals surface area contributed by atoms with E-state index >= 15 is 0 Å². The summed E-state index contributed by atoms with van der Waals surface area (Å²) in [4.78, 5) is 11.4. The molecular formula is C16H24ClNO2. The molecule has 0 bridgehead atoms. The monoisotopic (exact) mass is 297 g/mol. The van der Waals surface area contributed by atoms with Gasteiger partial charge >= 0.3 is 0 Å². The van der Waals surface area contributed by atoms with E-state index < -0.39 is 5.38 Å². The lowest BCUT2D eigenvalue weighted by atomic mass is 10.2. The number of halogens is 1. The normalized spacial score (nSPS) is 11.9. The highest BCUT2D eigenvalue weighted by atomic mass is 35.5. The predicted octanol–water partition coefficient (Wildman–Crippen LogP) is 3.89. The van der Waals surface area contributed by atoms with Gasteiger partial charge in [-0.05, 0) is 31.0 Å². The highest BCUT2D eigenvalue weighted by Crippen LogP contribution is 2.14. The Morgan fingerprint density at radius 1 is 1.35 bits per heavy atom. The summed E-state index contributed by atoms with van der Waals surface area (Å²) in [7, 11) is 0. The number of hydrogen-bond donors (Lipinski definition) is 1. The van der Waals surface area contributed by atoms with Gasteiger partial charge < -0.3 is 10.1 Å². The molecule has 1 unspecified atom stereocenters. The predicted molar refractivity (Wildman–Crippen MR) is 83.2 cm³/mol. The number of unbranched alkanes of at least 4 members (excludes halogenated alkanes) is 3. The van der Waals surface area contributed by atoms with Gasteiger partial charge in [-0.3, -0.25) is 4.79 Å². The first-order chi connectivity index (χ1) is 9.63. The SMILES string of the molecule is CCCCCCOc1cccc(CNC(=O)C(C)Cl)c1. The molecule has 20 heavy (non-hydrogen) atoms. The Bertz CT molecular complexity index is 407. The number of ether oxygens (including phenoxy) is 1. The summed E-state index contributed by atoms with van der Waals surface area (Å²) in [6.45, 7) is 5.07. The van der Waals surface area contributed by atoms with E-state index in [2.05, 4.69) is 12.2 Å². The van der Waals surface area contributed by atoms with E-state index in [1.54, 1.807) is 6.92 Å².